The Morgan fingerprint density at radius 2 is 1.42 bits per heavy atom. The van der Waals surface area contributed by atoms with E-state index < -0.39 is 80.7 Å². The van der Waals surface area contributed by atoms with E-state index in [0.29, 0.717) is 6.42 Å². The van der Waals surface area contributed by atoms with Crippen molar-refractivity contribution in [1.29, 1.82) is 0 Å². The van der Waals surface area contributed by atoms with Gasteiger partial charge in [-0.1, -0.05) is 32.3 Å². The SMILES string of the molecule is C=CC(CCCCC)OC1OC(COC2OC(CO)C(O)C(O)C2O)C(O)C(O)C1O. The Hall–Kier alpha value is -0.700. The largest absolute Gasteiger partial charge is 0.394 e. The van der Waals surface area contributed by atoms with Crippen molar-refractivity contribution in [2.45, 2.75) is 100 Å². The zero-order valence-corrected chi connectivity index (χ0v) is 17.6. The molecular formula is C20H36O11. The highest BCUT2D eigenvalue weighted by atomic mass is 16.7. The van der Waals surface area contributed by atoms with Gasteiger partial charge in [-0.3, -0.25) is 0 Å². The van der Waals surface area contributed by atoms with Gasteiger partial charge in [-0.25, -0.2) is 0 Å². The maximum absolute atomic E-state index is 10.3. The number of ether oxygens (including phenoxy) is 4. The number of hydrogen-bond donors (Lipinski definition) is 7. The van der Waals surface area contributed by atoms with Gasteiger partial charge >= 0.3 is 0 Å². The fourth-order valence-electron chi connectivity index (χ4n) is 3.57. The fraction of sp³-hybridized carbons (Fsp3) is 0.900. The minimum atomic E-state index is -1.62. The normalized spacial score (nSPS) is 42.3. The van der Waals surface area contributed by atoms with Gasteiger partial charge in [0.2, 0.25) is 0 Å². The minimum Gasteiger partial charge on any atom is -0.394 e. The third-order valence-corrected chi connectivity index (χ3v) is 5.61. The summed E-state index contributed by atoms with van der Waals surface area (Å²) in [6, 6.07) is 0. The van der Waals surface area contributed by atoms with Gasteiger partial charge in [0.05, 0.1) is 19.3 Å². The molecule has 0 aliphatic carbocycles. The van der Waals surface area contributed by atoms with Crippen molar-refractivity contribution < 1.29 is 54.7 Å². The lowest BCUT2D eigenvalue weighted by Gasteiger charge is -2.43. The average Bonchev–Trinajstić information content (AvgIpc) is 2.77. The number of rotatable bonds is 11. The van der Waals surface area contributed by atoms with Gasteiger partial charge in [0.25, 0.3) is 0 Å². The van der Waals surface area contributed by atoms with E-state index in [4.69, 9.17) is 18.9 Å². The predicted molar refractivity (Wildman–Crippen MR) is 106 cm³/mol. The quantitative estimate of drug-likeness (QED) is 0.133. The van der Waals surface area contributed by atoms with Crippen LogP contribution in [0.5, 0.6) is 0 Å². The second kappa shape index (κ2) is 12.5. The number of hydrogen-bond acceptors (Lipinski definition) is 11. The fourth-order valence-corrected chi connectivity index (χ4v) is 3.57. The van der Waals surface area contributed by atoms with Gasteiger partial charge in [0.15, 0.2) is 12.6 Å². The Balaban J connectivity index is 1.97. The molecule has 2 aliphatic heterocycles. The lowest BCUT2D eigenvalue weighted by Crippen LogP contribution is -2.62. The topological polar surface area (TPSA) is 179 Å². The van der Waals surface area contributed by atoms with E-state index in [1.807, 2.05) is 0 Å². The Bertz CT molecular complexity index is 533. The molecule has 11 unspecified atom stereocenters. The Morgan fingerprint density at radius 3 is 2.00 bits per heavy atom. The molecule has 2 saturated heterocycles. The smallest absolute Gasteiger partial charge is 0.187 e. The average molecular weight is 452 g/mol. The first-order valence-electron chi connectivity index (χ1n) is 10.6. The van der Waals surface area contributed by atoms with Crippen molar-refractivity contribution in [2.24, 2.45) is 0 Å². The third kappa shape index (κ3) is 6.65. The van der Waals surface area contributed by atoms with Gasteiger partial charge in [-0.15, -0.1) is 6.58 Å². The van der Waals surface area contributed by atoms with Crippen LogP contribution in [0.4, 0.5) is 0 Å². The zero-order valence-electron chi connectivity index (χ0n) is 17.6. The van der Waals surface area contributed by atoms with Gasteiger partial charge in [0.1, 0.15) is 48.8 Å². The molecule has 2 rings (SSSR count). The van der Waals surface area contributed by atoms with Crippen LogP contribution in [-0.4, -0.2) is 116 Å². The molecule has 2 aliphatic rings. The molecule has 0 saturated carbocycles. The van der Waals surface area contributed by atoms with E-state index in [0.717, 1.165) is 19.3 Å². The van der Waals surface area contributed by atoms with Crippen LogP contribution in [0.2, 0.25) is 0 Å². The minimum absolute atomic E-state index is 0.401. The van der Waals surface area contributed by atoms with Crippen LogP contribution in [0.3, 0.4) is 0 Å². The lowest BCUT2D eigenvalue weighted by atomic mass is 9.98. The van der Waals surface area contributed by atoms with Crippen LogP contribution in [0.15, 0.2) is 12.7 Å². The Kier molecular flexibility index (Phi) is 10.7. The molecule has 2 fully saturated rings. The Morgan fingerprint density at radius 1 is 0.839 bits per heavy atom. The third-order valence-electron chi connectivity index (χ3n) is 5.61. The first-order chi connectivity index (χ1) is 14.7. The van der Waals surface area contributed by atoms with Crippen molar-refractivity contribution in [3.8, 4) is 0 Å². The van der Waals surface area contributed by atoms with Gasteiger partial charge in [-0.05, 0) is 6.42 Å². The molecule has 0 spiro atoms. The number of unbranched alkanes of at least 4 members (excludes halogenated alkanes) is 2. The Labute approximate surface area is 181 Å². The first-order valence-corrected chi connectivity index (χ1v) is 10.6. The lowest BCUT2D eigenvalue weighted by molar-refractivity contribution is -0.334. The summed E-state index contributed by atoms with van der Waals surface area (Å²) < 4.78 is 22.0. The molecule has 0 aromatic carbocycles. The van der Waals surface area contributed by atoms with Crippen LogP contribution >= 0.6 is 0 Å². The molecule has 11 atom stereocenters. The summed E-state index contributed by atoms with van der Waals surface area (Å²) in [5.74, 6) is 0. The molecule has 0 aromatic rings. The number of aliphatic hydroxyl groups excluding tert-OH is 7. The predicted octanol–water partition coefficient (Wildman–Crippen LogP) is -2.24. The van der Waals surface area contributed by atoms with Crippen LogP contribution < -0.4 is 0 Å². The van der Waals surface area contributed by atoms with E-state index in [1.165, 1.54) is 0 Å². The van der Waals surface area contributed by atoms with Crippen molar-refractivity contribution in [3.63, 3.8) is 0 Å². The van der Waals surface area contributed by atoms with Crippen molar-refractivity contribution in [2.75, 3.05) is 13.2 Å². The highest BCUT2D eigenvalue weighted by Crippen LogP contribution is 2.27. The van der Waals surface area contributed by atoms with Gasteiger partial charge in [0, 0.05) is 0 Å². The molecule has 2 heterocycles. The second-order valence-electron chi connectivity index (χ2n) is 7.95. The van der Waals surface area contributed by atoms with Crippen LogP contribution in [0, 0.1) is 0 Å². The van der Waals surface area contributed by atoms with E-state index in [1.54, 1.807) is 6.08 Å². The summed E-state index contributed by atoms with van der Waals surface area (Å²) >= 11 is 0. The molecule has 182 valence electrons. The van der Waals surface area contributed by atoms with Crippen LogP contribution in [0.1, 0.15) is 32.6 Å². The van der Waals surface area contributed by atoms with Crippen molar-refractivity contribution >= 4 is 0 Å². The summed E-state index contributed by atoms with van der Waals surface area (Å²) in [5, 5.41) is 69.6. The molecule has 0 bridgehead atoms. The summed E-state index contributed by atoms with van der Waals surface area (Å²) in [7, 11) is 0. The maximum Gasteiger partial charge on any atom is 0.187 e. The van der Waals surface area contributed by atoms with E-state index >= 15 is 0 Å². The first kappa shape index (κ1) is 26.6. The monoisotopic (exact) mass is 452 g/mol. The van der Waals surface area contributed by atoms with Crippen molar-refractivity contribution in [3.05, 3.63) is 12.7 Å². The second-order valence-corrected chi connectivity index (χ2v) is 7.95. The molecule has 11 nitrogen and oxygen atoms in total. The van der Waals surface area contributed by atoms with Crippen LogP contribution in [-0.2, 0) is 18.9 Å². The summed E-state index contributed by atoms with van der Waals surface area (Å²) in [5.41, 5.74) is 0. The van der Waals surface area contributed by atoms with E-state index in [2.05, 4.69) is 13.5 Å². The molecule has 31 heavy (non-hydrogen) atoms. The highest BCUT2D eigenvalue weighted by molar-refractivity contribution is 4.92. The standard InChI is InChI=1S/C20H36O11/c1-3-5-6-7-10(4-2)29-20-18(27)16(25)14(23)12(31-20)9-28-19-17(26)15(24)13(22)11(8-21)30-19/h4,10-27H,2-3,5-9H2,1H3. The highest BCUT2D eigenvalue weighted by Gasteiger charge is 2.47. The summed E-state index contributed by atoms with van der Waals surface area (Å²) in [6.45, 7) is 4.76. The van der Waals surface area contributed by atoms with Crippen LogP contribution in [0.25, 0.3) is 0 Å². The molecule has 11 heteroatoms. The molecule has 7 N–H and O–H groups in total. The number of aliphatic hydroxyl groups is 7. The molecule has 0 radical (unpaired) electrons. The summed E-state index contributed by atoms with van der Waals surface area (Å²) in [6.07, 6.45) is -9.69. The molecule has 0 amide bonds. The van der Waals surface area contributed by atoms with E-state index in [-0.39, 0.29) is 0 Å². The molecular weight excluding hydrogens is 416 g/mol. The zero-order chi connectivity index (χ0) is 23.1. The van der Waals surface area contributed by atoms with Crippen molar-refractivity contribution in [1.82, 2.24) is 0 Å². The maximum atomic E-state index is 10.3. The molecule has 0 aromatic heterocycles. The van der Waals surface area contributed by atoms with Gasteiger partial charge in [-0.2, -0.15) is 0 Å². The van der Waals surface area contributed by atoms with Gasteiger partial charge < -0.3 is 54.7 Å². The summed E-state index contributed by atoms with van der Waals surface area (Å²) in [4.78, 5) is 0. The van der Waals surface area contributed by atoms with E-state index in [9.17, 15) is 35.7 Å².